The summed E-state index contributed by atoms with van der Waals surface area (Å²) in [5.41, 5.74) is 3.69. The first-order chi connectivity index (χ1) is 19.3. The molecule has 0 bridgehead atoms. The van der Waals surface area contributed by atoms with E-state index in [9.17, 15) is 9.59 Å². The molecule has 1 aliphatic heterocycles. The first-order valence-electron chi connectivity index (χ1n) is 13.5. The summed E-state index contributed by atoms with van der Waals surface area (Å²) in [5, 5.41) is 3.33. The van der Waals surface area contributed by atoms with Gasteiger partial charge in [-0.25, -0.2) is 15.0 Å². The van der Waals surface area contributed by atoms with Gasteiger partial charge >= 0.3 is 5.97 Å². The Balaban J connectivity index is 1.34. The number of aromatic nitrogens is 3. The van der Waals surface area contributed by atoms with Crippen LogP contribution in [0.1, 0.15) is 13.3 Å². The van der Waals surface area contributed by atoms with E-state index in [1.807, 2.05) is 50.6 Å². The number of nitrogens with one attached hydrogen (secondary N) is 1. The molecule has 1 amide bonds. The molecule has 0 radical (unpaired) electrons. The van der Waals surface area contributed by atoms with Gasteiger partial charge in [0, 0.05) is 89.6 Å². The molecule has 0 spiro atoms. The van der Waals surface area contributed by atoms with Crippen LogP contribution in [0.2, 0.25) is 0 Å². The molecule has 4 rings (SSSR count). The number of esters is 1. The number of piperazine rings is 1. The van der Waals surface area contributed by atoms with Crippen LogP contribution in [0, 0.1) is 0 Å². The van der Waals surface area contributed by atoms with E-state index in [1.165, 1.54) is 7.11 Å². The standard InChI is InChI=1S/C29H38N8O3/c1-22(38)34(2)13-6-14-35(3)27-10-9-23(20-31-27)26-11-12-30-29(33-26)32-24-7-5-8-25(19-24)37-17-15-36(16-18-37)21-28(39)40-4/h5,7-12,19-20H,6,13-18,21H2,1-4H3,(H,30,32,33). The number of rotatable bonds is 11. The van der Waals surface area contributed by atoms with E-state index >= 15 is 0 Å². The van der Waals surface area contributed by atoms with Crippen molar-refractivity contribution >= 4 is 35.0 Å². The lowest BCUT2D eigenvalue weighted by Crippen LogP contribution is -2.48. The highest BCUT2D eigenvalue weighted by molar-refractivity contribution is 5.73. The highest BCUT2D eigenvalue weighted by Crippen LogP contribution is 2.24. The second-order valence-corrected chi connectivity index (χ2v) is 9.90. The molecule has 11 heteroatoms. The summed E-state index contributed by atoms with van der Waals surface area (Å²) in [6, 6.07) is 14.0. The number of benzene rings is 1. The Morgan fingerprint density at radius 1 is 1.02 bits per heavy atom. The average Bonchev–Trinajstić information content (AvgIpc) is 2.97. The molecule has 1 fully saturated rings. The van der Waals surface area contributed by atoms with Crippen LogP contribution in [-0.4, -0.2) is 104 Å². The van der Waals surface area contributed by atoms with Crippen molar-refractivity contribution in [3.63, 3.8) is 0 Å². The van der Waals surface area contributed by atoms with Gasteiger partial charge in [-0.05, 0) is 42.8 Å². The molecule has 0 atom stereocenters. The molecule has 0 saturated carbocycles. The number of hydrogen-bond acceptors (Lipinski definition) is 10. The number of ether oxygens (including phenoxy) is 1. The quantitative estimate of drug-likeness (QED) is 0.361. The van der Waals surface area contributed by atoms with Crippen molar-refractivity contribution in [2.24, 2.45) is 0 Å². The van der Waals surface area contributed by atoms with Crippen molar-refractivity contribution in [2.45, 2.75) is 13.3 Å². The number of anilines is 4. The van der Waals surface area contributed by atoms with E-state index in [-0.39, 0.29) is 11.9 Å². The van der Waals surface area contributed by atoms with Gasteiger partial charge in [0.15, 0.2) is 0 Å². The molecular formula is C29H38N8O3. The third-order valence-electron chi connectivity index (χ3n) is 7.04. The zero-order valence-corrected chi connectivity index (χ0v) is 23.7. The predicted molar refractivity (Wildman–Crippen MR) is 157 cm³/mol. The van der Waals surface area contributed by atoms with Crippen LogP contribution >= 0.6 is 0 Å². The fourth-order valence-electron chi connectivity index (χ4n) is 4.48. The van der Waals surface area contributed by atoms with Gasteiger partial charge in [0.1, 0.15) is 5.82 Å². The number of carbonyl (C=O) groups excluding carboxylic acids is 2. The van der Waals surface area contributed by atoms with Crippen molar-refractivity contribution in [3.05, 3.63) is 54.9 Å². The average molecular weight is 547 g/mol. The van der Waals surface area contributed by atoms with Gasteiger partial charge in [-0.3, -0.25) is 14.5 Å². The Morgan fingerprint density at radius 3 is 2.52 bits per heavy atom. The van der Waals surface area contributed by atoms with Crippen LogP contribution in [0.4, 0.5) is 23.1 Å². The molecule has 40 heavy (non-hydrogen) atoms. The lowest BCUT2D eigenvalue weighted by Gasteiger charge is -2.35. The molecule has 11 nitrogen and oxygen atoms in total. The van der Waals surface area contributed by atoms with Gasteiger partial charge in [-0.2, -0.15) is 0 Å². The summed E-state index contributed by atoms with van der Waals surface area (Å²) in [4.78, 5) is 44.9. The van der Waals surface area contributed by atoms with E-state index in [0.29, 0.717) is 19.0 Å². The van der Waals surface area contributed by atoms with Crippen molar-refractivity contribution in [2.75, 3.05) is 82.1 Å². The first kappa shape index (κ1) is 28.8. The highest BCUT2D eigenvalue weighted by atomic mass is 16.5. The maximum atomic E-state index is 11.6. The number of carbonyl (C=O) groups is 2. The minimum Gasteiger partial charge on any atom is -0.468 e. The Labute approximate surface area is 235 Å². The lowest BCUT2D eigenvalue weighted by molar-refractivity contribution is -0.142. The minimum atomic E-state index is -0.202. The van der Waals surface area contributed by atoms with Gasteiger partial charge < -0.3 is 24.8 Å². The first-order valence-corrected chi connectivity index (χ1v) is 13.5. The molecule has 0 unspecified atom stereocenters. The summed E-state index contributed by atoms with van der Waals surface area (Å²) in [5.74, 6) is 1.24. The molecule has 1 aromatic carbocycles. The predicted octanol–water partition coefficient (Wildman–Crippen LogP) is 2.88. The minimum absolute atomic E-state index is 0.0729. The summed E-state index contributed by atoms with van der Waals surface area (Å²) < 4.78 is 4.78. The largest absolute Gasteiger partial charge is 0.468 e. The molecule has 3 aromatic rings. The Hall–Kier alpha value is -4.25. The maximum Gasteiger partial charge on any atom is 0.319 e. The van der Waals surface area contributed by atoms with Crippen molar-refractivity contribution < 1.29 is 14.3 Å². The number of nitrogens with zero attached hydrogens (tertiary/aromatic N) is 7. The fraction of sp³-hybridized carbons (Fsp3) is 0.414. The smallest absolute Gasteiger partial charge is 0.319 e. The van der Waals surface area contributed by atoms with Crippen LogP contribution in [0.3, 0.4) is 0 Å². The SMILES string of the molecule is COC(=O)CN1CCN(c2cccc(Nc3nccc(-c4ccc(N(C)CCCN(C)C(C)=O)nc4)n3)c2)CC1. The van der Waals surface area contributed by atoms with Gasteiger partial charge in [0.25, 0.3) is 0 Å². The van der Waals surface area contributed by atoms with Crippen LogP contribution in [0.15, 0.2) is 54.9 Å². The molecule has 3 heterocycles. The highest BCUT2D eigenvalue weighted by Gasteiger charge is 2.19. The molecule has 1 saturated heterocycles. The molecule has 2 aromatic heterocycles. The topological polar surface area (TPSA) is 107 Å². The van der Waals surface area contributed by atoms with Crippen molar-refractivity contribution in [1.29, 1.82) is 0 Å². The van der Waals surface area contributed by atoms with E-state index in [2.05, 4.69) is 42.1 Å². The van der Waals surface area contributed by atoms with Gasteiger partial charge in [0.05, 0.1) is 19.3 Å². The lowest BCUT2D eigenvalue weighted by atomic mass is 10.2. The van der Waals surface area contributed by atoms with Crippen LogP contribution in [0.5, 0.6) is 0 Å². The van der Waals surface area contributed by atoms with Gasteiger partial charge in [0.2, 0.25) is 11.9 Å². The number of methoxy groups -OCH3 is 1. The van der Waals surface area contributed by atoms with E-state index in [1.54, 1.807) is 18.0 Å². The van der Waals surface area contributed by atoms with E-state index in [0.717, 1.165) is 67.6 Å². The van der Waals surface area contributed by atoms with Gasteiger partial charge in [-0.15, -0.1) is 0 Å². The van der Waals surface area contributed by atoms with Crippen molar-refractivity contribution in [3.8, 4) is 11.3 Å². The number of amides is 1. The number of hydrogen-bond donors (Lipinski definition) is 1. The summed E-state index contributed by atoms with van der Waals surface area (Å²) >= 11 is 0. The zero-order chi connectivity index (χ0) is 28.5. The second kappa shape index (κ2) is 13.7. The molecule has 0 aliphatic carbocycles. The van der Waals surface area contributed by atoms with E-state index in [4.69, 9.17) is 9.72 Å². The summed E-state index contributed by atoms with van der Waals surface area (Å²) in [6.45, 7) is 6.69. The number of pyridine rings is 1. The zero-order valence-electron chi connectivity index (χ0n) is 23.7. The Kier molecular flexibility index (Phi) is 9.85. The summed E-state index contributed by atoms with van der Waals surface area (Å²) in [7, 11) is 5.23. The molecule has 212 valence electrons. The maximum absolute atomic E-state index is 11.6. The van der Waals surface area contributed by atoms with Crippen LogP contribution in [0.25, 0.3) is 11.3 Å². The van der Waals surface area contributed by atoms with Gasteiger partial charge in [-0.1, -0.05) is 6.07 Å². The normalized spacial score (nSPS) is 13.6. The molecular weight excluding hydrogens is 508 g/mol. The van der Waals surface area contributed by atoms with Crippen LogP contribution < -0.4 is 15.1 Å². The third-order valence-corrected chi connectivity index (χ3v) is 7.04. The summed E-state index contributed by atoms with van der Waals surface area (Å²) in [6.07, 6.45) is 4.42. The monoisotopic (exact) mass is 546 g/mol. The fourth-order valence-corrected chi connectivity index (χ4v) is 4.48. The Morgan fingerprint density at radius 2 is 1.82 bits per heavy atom. The molecule has 1 N–H and O–H groups in total. The second-order valence-electron chi connectivity index (χ2n) is 9.90. The Bertz CT molecular complexity index is 1280. The molecule has 1 aliphatic rings. The van der Waals surface area contributed by atoms with Crippen LogP contribution in [-0.2, 0) is 14.3 Å². The third kappa shape index (κ3) is 7.89. The van der Waals surface area contributed by atoms with E-state index < -0.39 is 0 Å². The van der Waals surface area contributed by atoms with Crippen molar-refractivity contribution in [1.82, 2.24) is 24.8 Å².